The molecule has 0 spiro atoms. The van der Waals surface area contributed by atoms with Crippen LogP contribution >= 0.6 is 15.9 Å². The van der Waals surface area contributed by atoms with E-state index in [2.05, 4.69) is 35.1 Å². The SMILES string of the molecule is CC(C)CNCC1(Cc2ccc(Br)cc2F)CCCC1. The molecule has 1 saturated carbocycles. The number of hydrogen-bond acceptors (Lipinski definition) is 1. The average Bonchev–Trinajstić information content (AvgIpc) is 2.81. The third-order valence-corrected chi connectivity index (χ3v) is 4.79. The number of hydrogen-bond donors (Lipinski definition) is 1. The molecule has 1 nitrogen and oxygen atoms in total. The highest BCUT2D eigenvalue weighted by molar-refractivity contribution is 9.10. The molecule has 0 aliphatic heterocycles. The van der Waals surface area contributed by atoms with Gasteiger partial charge < -0.3 is 5.32 Å². The number of rotatable bonds is 6. The van der Waals surface area contributed by atoms with Crippen LogP contribution in [0.15, 0.2) is 22.7 Å². The van der Waals surface area contributed by atoms with Crippen LogP contribution in [0.2, 0.25) is 0 Å². The Hall–Kier alpha value is -0.410. The Bertz CT molecular complexity index is 439. The first kappa shape index (κ1) is 16.0. The predicted molar refractivity (Wildman–Crippen MR) is 86.4 cm³/mol. The Kier molecular flexibility index (Phi) is 5.62. The molecule has 0 amide bonds. The minimum absolute atomic E-state index is 0.0745. The highest BCUT2D eigenvalue weighted by atomic mass is 79.9. The summed E-state index contributed by atoms with van der Waals surface area (Å²) in [6, 6.07) is 5.46. The lowest BCUT2D eigenvalue weighted by Crippen LogP contribution is -2.35. The Morgan fingerprint density at radius 1 is 1.30 bits per heavy atom. The fourth-order valence-electron chi connectivity index (χ4n) is 3.24. The fraction of sp³-hybridized carbons (Fsp3) is 0.647. The molecule has 1 aromatic carbocycles. The third kappa shape index (κ3) is 4.29. The molecule has 0 unspecified atom stereocenters. The van der Waals surface area contributed by atoms with Crippen LogP contribution in [0.1, 0.15) is 45.1 Å². The summed E-state index contributed by atoms with van der Waals surface area (Å²) in [5.74, 6) is 0.590. The van der Waals surface area contributed by atoms with Gasteiger partial charge in [-0.2, -0.15) is 0 Å². The van der Waals surface area contributed by atoms with Crippen molar-refractivity contribution < 1.29 is 4.39 Å². The molecule has 0 saturated heterocycles. The van der Waals surface area contributed by atoms with Crippen molar-refractivity contribution >= 4 is 15.9 Å². The molecule has 0 aromatic heterocycles. The average molecular weight is 342 g/mol. The van der Waals surface area contributed by atoms with E-state index in [-0.39, 0.29) is 11.2 Å². The summed E-state index contributed by atoms with van der Waals surface area (Å²) in [4.78, 5) is 0. The molecular formula is C17H25BrFN. The fourth-order valence-corrected chi connectivity index (χ4v) is 3.57. The van der Waals surface area contributed by atoms with Gasteiger partial charge in [-0.3, -0.25) is 0 Å². The highest BCUT2D eigenvalue weighted by Crippen LogP contribution is 2.41. The zero-order valence-corrected chi connectivity index (χ0v) is 14.1. The quantitative estimate of drug-likeness (QED) is 0.772. The van der Waals surface area contributed by atoms with Crippen LogP contribution in [-0.4, -0.2) is 13.1 Å². The van der Waals surface area contributed by atoms with Crippen LogP contribution < -0.4 is 5.32 Å². The molecule has 3 heteroatoms. The van der Waals surface area contributed by atoms with Gasteiger partial charge in [0, 0.05) is 11.0 Å². The van der Waals surface area contributed by atoms with Gasteiger partial charge in [-0.1, -0.05) is 48.7 Å². The number of nitrogens with one attached hydrogen (secondary N) is 1. The van der Waals surface area contributed by atoms with Crippen molar-refractivity contribution in [1.82, 2.24) is 5.32 Å². The molecular weight excluding hydrogens is 317 g/mol. The van der Waals surface area contributed by atoms with E-state index in [1.807, 2.05) is 12.1 Å². The van der Waals surface area contributed by atoms with Crippen LogP contribution in [0.3, 0.4) is 0 Å². The largest absolute Gasteiger partial charge is 0.316 e. The summed E-state index contributed by atoms with van der Waals surface area (Å²) in [7, 11) is 0. The van der Waals surface area contributed by atoms with Crippen molar-refractivity contribution in [2.24, 2.45) is 11.3 Å². The van der Waals surface area contributed by atoms with E-state index in [4.69, 9.17) is 0 Å². The monoisotopic (exact) mass is 341 g/mol. The molecule has 1 N–H and O–H groups in total. The Morgan fingerprint density at radius 3 is 2.60 bits per heavy atom. The maximum atomic E-state index is 14.1. The normalized spacial score (nSPS) is 17.9. The zero-order valence-electron chi connectivity index (χ0n) is 12.5. The van der Waals surface area contributed by atoms with Crippen LogP contribution in [0.25, 0.3) is 0 Å². The molecule has 0 bridgehead atoms. The first-order chi connectivity index (χ1) is 9.51. The van der Waals surface area contributed by atoms with Gasteiger partial charge in [0.2, 0.25) is 0 Å². The first-order valence-corrected chi connectivity index (χ1v) is 8.45. The second kappa shape index (κ2) is 7.04. The standard InChI is InChI=1S/C17H25BrFN/c1-13(2)11-20-12-17(7-3-4-8-17)10-14-5-6-15(18)9-16(14)19/h5-6,9,13,20H,3-4,7-8,10-12H2,1-2H3. The summed E-state index contributed by atoms with van der Waals surface area (Å²) in [6.45, 7) is 6.51. The van der Waals surface area contributed by atoms with E-state index in [0.29, 0.717) is 5.92 Å². The Morgan fingerprint density at radius 2 is 2.00 bits per heavy atom. The van der Waals surface area contributed by atoms with Crippen LogP contribution in [0, 0.1) is 17.2 Å². The maximum Gasteiger partial charge on any atom is 0.127 e. The van der Waals surface area contributed by atoms with Crippen molar-refractivity contribution in [3.63, 3.8) is 0 Å². The molecule has 1 aromatic rings. The van der Waals surface area contributed by atoms with Crippen molar-refractivity contribution in [2.45, 2.75) is 46.0 Å². The number of halogens is 2. The zero-order chi connectivity index (χ0) is 14.6. The van der Waals surface area contributed by atoms with Crippen molar-refractivity contribution in [2.75, 3.05) is 13.1 Å². The third-order valence-electron chi connectivity index (χ3n) is 4.30. The van der Waals surface area contributed by atoms with Gasteiger partial charge >= 0.3 is 0 Å². The minimum atomic E-state index is -0.0745. The first-order valence-electron chi connectivity index (χ1n) is 7.65. The number of benzene rings is 1. The van der Waals surface area contributed by atoms with Gasteiger partial charge in [0.25, 0.3) is 0 Å². The van der Waals surface area contributed by atoms with E-state index < -0.39 is 0 Å². The smallest absolute Gasteiger partial charge is 0.127 e. The van der Waals surface area contributed by atoms with E-state index in [1.165, 1.54) is 25.7 Å². The van der Waals surface area contributed by atoms with E-state index in [1.54, 1.807) is 6.07 Å². The molecule has 1 aliphatic carbocycles. The van der Waals surface area contributed by atoms with Crippen LogP contribution in [0.5, 0.6) is 0 Å². The lowest BCUT2D eigenvalue weighted by atomic mass is 9.79. The topological polar surface area (TPSA) is 12.0 Å². The van der Waals surface area contributed by atoms with Gasteiger partial charge in [-0.15, -0.1) is 0 Å². The molecule has 1 aliphatic rings. The van der Waals surface area contributed by atoms with Crippen LogP contribution in [0.4, 0.5) is 4.39 Å². The molecule has 2 rings (SSSR count). The van der Waals surface area contributed by atoms with Crippen molar-refractivity contribution in [3.05, 3.63) is 34.1 Å². The second-order valence-corrected chi connectivity index (χ2v) is 7.56. The summed E-state index contributed by atoms with van der Waals surface area (Å²) in [6.07, 6.45) is 5.85. The maximum absolute atomic E-state index is 14.1. The van der Waals surface area contributed by atoms with Gasteiger partial charge in [-0.05, 0) is 54.8 Å². The van der Waals surface area contributed by atoms with Gasteiger partial charge in [0.15, 0.2) is 0 Å². The van der Waals surface area contributed by atoms with Crippen molar-refractivity contribution in [3.8, 4) is 0 Å². The molecule has 1 fully saturated rings. The molecule has 0 radical (unpaired) electrons. The Labute approximate surface area is 130 Å². The summed E-state index contributed by atoms with van der Waals surface area (Å²) >= 11 is 3.33. The summed E-state index contributed by atoms with van der Waals surface area (Å²) < 4.78 is 14.9. The summed E-state index contributed by atoms with van der Waals surface area (Å²) in [5, 5.41) is 3.59. The van der Waals surface area contributed by atoms with Crippen LogP contribution in [-0.2, 0) is 6.42 Å². The van der Waals surface area contributed by atoms with Gasteiger partial charge in [0.05, 0.1) is 0 Å². The highest BCUT2D eigenvalue weighted by Gasteiger charge is 2.34. The van der Waals surface area contributed by atoms with Gasteiger partial charge in [0.1, 0.15) is 5.82 Å². The van der Waals surface area contributed by atoms with Gasteiger partial charge in [-0.25, -0.2) is 4.39 Å². The molecule has 0 heterocycles. The molecule has 0 atom stereocenters. The predicted octanol–water partition coefficient (Wildman–Crippen LogP) is 4.94. The minimum Gasteiger partial charge on any atom is -0.316 e. The van der Waals surface area contributed by atoms with E-state index in [9.17, 15) is 4.39 Å². The Balaban J connectivity index is 2.04. The molecule has 20 heavy (non-hydrogen) atoms. The lowest BCUT2D eigenvalue weighted by Gasteiger charge is -2.30. The second-order valence-electron chi connectivity index (χ2n) is 6.64. The summed E-state index contributed by atoms with van der Waals surface area (Å²) in [5.41, 5.74) is 1.12. The molecule has 112 valence electrons. The van der Waals surface area contributed by atoms with Crippen molar-refractivity contribution in [1.29, 1.82) is 0 Å². The lowest BCUT2D eigenvalue weighted by molar-refractivity contribution is 0.270. The van der Waals surface area contributed by atoms with E-state index in [0.717, 1.165) is 29.5 Å². The van der Waals surface area contributed by atoms with E-state index >= 15 is 0 Å².